The third-order valence-electron chi connectivity index (χ3n) is 2.55. The fourth-order valence-corrected chi connectivity index (χ4v) is 1.56. The molecule has 22 heavy (non-hydrogen) atoms. The summed E-state index contributed by atoms with van der Waals surface area (Å²) < 4.78 is 38.2. The number of aromatic amines is 1. The van der Waals surface area contributed by atoms with Crippen molar-refractivity contribution in [3.05, 3.63) is 63.6 Å². The normalized spacial score (nSPS) is 11.6. The van der Waals surface area contributed by atoms with Crippen molar-refractivity contribution in [1.29, 1.82) is 0 Å². The Balaban J connectivity index is 2.12. The van der Waals surface area contributed by atoms with Crippen molar-refractivity contribution < 1.29 is 18.0 Å². The zero-order chi connectivity index (χ0) is 16.2. The van der Waals surface area contributed by atoms with Gasteiger partial charge in [0.05, 0.1) is 11.8 Å². The van der Waals surface area contributed by atoms with Gasteiger partial charge in [0.1, 0.15) is 0 Å². The summed E-state index contributed by atoms with van der Waals surface area (Å²) in [6.07, 6.45) is -3.64. The van der Waals surface area contributed by atoms with E-state index in [1.54, 1.807) is 0 Å². The summed E-state index contributed by atoms with van der Waals surface area (Å²) in [5, 5.41) is 8.97. The fraction of sp³-hybridized carbons (Fsp3) is 0.0769. The van der Waals surface area contributed by atoms with Crippen LogP contribution in [0.2, 0.25) is 0 Å². The van der Waals surface area contributed by atoms with Crippen molar-refractivity contribution >= 4 is 12.1 Å². The van der Waals surface area contributed by atoms with Crippen molar-refractivity contribution in [3.8, 4) is 0 Å². The molecule has 0 aliphatic heterocycles. The maximum Gasteiger partial charge on any atom is 0.417 e. The van der Waals surface area contributed by atoms with Crippen LogP contribution >= 0.6 is 0 Å². The van der Waals surface area contributed by atoms with Crippen molar-refractivity contribution in [1.82, 2.24) is 15.6 Å². The number of carbonyl (C=O) groups is 1. The highest BCUT2D eigenvalue weighted by atomic mass is 19.4. The Morgan fingerprint density at radius 1 is 1.23 bits per heavy atom. The van der Waals surface area contributed by atoms with Crippen LogP contribution in [0.5, 0.6) is 0 Å². The number of amides is 1. The van der Waals surface area contributed by atoms with Crippen molar-refractivity contribution in [2.45, 2.75) is 6.18 Å². The Hall–Kier alpha value is -2.97. The Bertz CT molecular complexity index is 748. The van der Waals surface area contributed by atoms with E-state index in [9.17, 15) is 22.8 Å². The number of hydrogen-bond donors (Lipinski definition) is 2. The molecule has 2 aromatic rings. The Labute approximate surface area is 121 Å². The third-order valence-corrected chi connectivity index (χ3v) is 2.55. The predicted molar refractivity (Wildman–Crippen MR) is 71.4 cm³/mol. The highest BCUT2D eigenvalue weighted by Crippen LogP contribution is 2.30. The first-order chi connectivity index (χ1) is 10.4. The topological polar surface area (TPSA) is 87.2 Å². The van der Waals surface area contributed by atoms with E-state index in [1.165, 1.54) is 18.2 Å². The lowest BCUT2D eigenvalue weighted by atomic mass is 10.1. The van der Waals surface area contributed by atoms with Crippen molar-refractivity contribution in [3.63, 3.8) is 0 Å². The molecule has 1 amide bonds. The molecule has 0 atom stereocenters. The van der Waals surface area contributed by atoms with Crippen LogP contribution in [0.4, 0.5) is 13.2 Å². The maximum atomic E-state index is 12.7. The van der Waals surface area contributed by atoms with Gasteiger partial charge in [0.2, 0.25) is 0 Å². The molecule has 0 unspecified atom stereocenters. The summed E-state index contributed by atoms with van der Waals surface area (Å²) in [5.74, 6) is -0.767. The lowest BCUT2D eigenvalue weighted by Crippen LogP contribution is -2.21. The minimum atomic E-state index is -4.52. The molecule has 6 nitrogen and oxygen atoms in total. The molecule has 0 radical (unpaired) electrons. The van der Waals surface area contributed by atoms with Gasteiger partial charge in [-0.2, -0.15) is 23.4 Å². The van der Waals surface area contributed by atoms with Gasteiger partial charge in [-0.3, -0.25) is 9.59 Å². The largest absolute Gasteiger partial charge is 0.417 e. The zero-order valence-electron chi connectivity index (χ0n) is 10.9. The van der Waals surface area contributed by atoms with E-state index < -0.39 is 23.2 Å². The highest BCUT2D eigenvalue weighted by molar-refractivity contribution is 5.93. The van der Waals surface area contributed by atoms with E-state index in [0.29, 0.717) is 0 Å². The van der Waals surface area contributed by atoms with Gasteiger partial charge in [0, 0.05) is 11.6 Å². The smallest absolute Gasteiger partial charge is 0.268 e. The van der Waals surface area contributed by atoms with Gasteiger partial charge < -0.3 is 0 Å². The van der Waals surface area contributed by atoms with Crippen LogP contribution in [-0.2, 0) is 6.18 Å². The number of hydrazone groups is 1. The average Bonchev–Trinajstić information content (AvgIpc) is 2.47. The molecule has 0 bridgehead atoms. The molecule has 0 fully saturated rings. The first-order valence-electron chi connectivity index (χ1n) is 5.93. The van der Waals surface area contributed by atoms with Gasteiger partial charge in [-0.25, -0.2) is 10.5 Å². The van der Waals surface area contributed by atoms with Crippen LogP contribution in [0.3, 0.4) is 0 Å². The number of rotatable bonds is 3. The number of alkyl halides is 3. The molecular weight excluding hydrogens is 301 g/mol. The van der Waals surface area contributed by atoms with Gasteiger partial charge in [-0.1, -0.05) is 18.2 Å². The summed E-state index contributed by atoms with van der Waals surface area (Å²) in [5.41, 5.74) is 0.357. The van der Waals surface area contributed by atoms with E-state index in [0.717, 1.165) is 24.4 Å². The molecule has 114 valence electrons. The van der Waals surface area contributed by atoms with E-state index in [-0.39, 0.29) is 11.3 Å². The lowest BCUT2D eigenvalue weighted by molar-refractivity contribution is -0.137. The molecule has 9 heteroatoms. The summed E-state index contributed by atoms with van der Waals surface area (Å²) in [4.78, 5) is 22.4. The molecule has 0 saturated carbocycles. The third kappa shape index (κ3) is 3.78. The number of nitrogens with zero attached hydrogens (tertiary/aromatic N) is 2. The van der Waals surface area contributed by atoms with Crippen LogP contribution in [0, 0.1) is 0 Å². The number of benzene rings is 1. The minimum Gasteiger partial charge on any atom is -0.268 e. The van der Waals surface area contributed by atoms with Gasteiger partial charge in [0.15, 0.2) is 5.69 Å². The molecule has 1 aromatic heterocycles. The minimum absolute atomic E-state index is 0.124. The number of aromatic nitrogens is 2. The van der Waals surface area contributed by atoms with Crippen molar-refractivity contribution in [2.24, 2.45) is 5.10 Å². The van der Waals surface area contributed by atoms with Gasteiger partial charge in [-0.05, 0) is 12.1 Å². The molecule has 0 spiro atoms. The first-order valence-corrected chi connectivity index (χ1v) is 5.93. The van der Waals surface area contributed by atoms with Crippen LogP contribution in [0.1, 0.15) is 21.6 Å². The first kappa shape index (κ1) is 15.4. The lowest BCUT2D eigenvalue weighted by Gasteiger charge is -2.09. The SMILES string of the molecule is O=C(NN=Cc1ccccc1C(F)(F)F)c1ccc(=O)[nH]n1. The summed E-state index contributed by atoms with van der Waals surface area (Å²) in [6.45, 7) is 0. The summed E-state index contributed by atoms with van der Waals surface area (Å²) in [7, 11) is 0. The van der Waals surface area contributed by atoms with E-state index in [2.05, 4.69) is 15.3 Å². The number of halogens is 3. The molecule has 0 aliphatic rings. The fourth-order valence-electron chi connectivity index (χ4n) is 1.56. The number of nitrogens with one attached hydrogen (secondary N) is 2. The standard InChI is InChI=1S/C13H9F3N4O2/c14-13(15,16)9-4-2-1-3-8(9)7-17-20-12(22)10-5-6-11(21)19-18-10/h1-7H,(H,19,21)(H,20,22). The Morgan fingerprint density at radius 2 is 1.95 bits per heavy atom. The second-order valence-corrected chi connectivity index (χ2v) is 4.09. The Kier molecular flexibility index (Phi) is 4.35. The molecule has 0 saturated heterocycles. The number of hydrogen-bond acceptors (Lipinski definition) is 4. The number of carbonyl (C=O) groups excluding carboxylic acids is 1. The van der Waals surface area contributed by atoms with E-state index in [4.69, 9.17) is 0 Å². The van der Waals surface area contributed by atoms with E-state index in [1.807, 2.05) is 5.43 Å². The van der Waals surface area contributed by atoms with Crippen LogP contribution < -0.4 is 11.0 Å². The van der Waals surface area contributed by atoms with Gasteiger partial charge in [-0.15, -0.1) is 0 Å². The second kappa shape index (κ2) is 6.20. The zero-order valence-corrected chi connectivity index (χ0v) is 10.9. The molecular formula is C13H9F3N4O2. The summed E-state index contributed by atoms with van der Waals surface area (Å²) >= 11 is 0. The van der Waals surface area contributed by atoms with Crippen molar-refractivity contribution in [2.75, 3.05) is 0 Å². The summed E-state index contributed by atoms with van der Waals surface area (Å²) in [6, 6.07) is 7.05. The maximum absolute atomic E-state index is 12.7. The molecule has 2 N–H and O–H groups in total. The van der Waals surface area contributed by atoms with Gasteiger partial charge >= 0.3 is 6.18 Å². The second-order valence-electron chi connectivity index (χ2n) is 4.09. The van der Waals surface area contributed by atoms with Gasteiger partial charge in [0.25, 0.3) is 11.5 Å². The molecule has 1 aromatic carbocycles. The Morgan fingerprint density at radius 3 is 2.59 bits per heavy atom. The average molecular weight is 310 g/mol. The number of H-pyrrole nitrogens is 1. The van der Waals surface area contributed by atoms with Crippen LogP contribution in [0.15, 0.2) is 46.3 Å². The molecule has 2 rings (SSSR count). The quantitative estimate of drug-likeness (QED) is 0.666. The predicted octanol–water partition coefficient (Wildman–Crippen LogP) is 1.55. The molecule has 1 heterocycles. The van der Waals surface area contributed by atoms with Crippen LogP contribution in [-0.4, -0.2) is 22.3 Å². The highest BCUT2D eigenvalue weighted by Gasteiger charge is 2.32. The molecule has 0 aliphatic carbocycles. The van der Waals surface area contributed by atoms with E-state index >= 15 is 0 Å². The van der Waals surface area contributed by atoms with Crippen LogP contribution in [0.25, 0.3) is 0 Å². The monoisotopic (exact) mass is 310 g/mol.